The van der Waals surface area contributed by atoms with Gasteiger partial charge in [0, 0.05) is 35.9 Å². The van der Waals surface area contributed by atoms with Gasteiger partial charge in [-0.2, -0.15) is 11.8 Å². The van der Waals surface area contributed by atoms with Crippen LogP contribution in [0.25, 0.3) is 0 Å². The summed E-state index contributed by atoms with van der Waals surface area (Å²) < 4.78 is 0.512. The van der Waals surface area contributed by atoms with E-state index < -0.39 is 0 Å². The van der Waals surface area contributed by atoms with Crippen molar-refractivity contribution in [3.05, 3.63) is 52.6 Å². The molecule has 2 unspecified atom stereocenters. The zero-order chi connectivity index (χ0) is 23.6. The van der Waals surface area contributed by atoms with E-state index in [9.17, 15) is 4.79 Å². The van der Waals surface area contributed by atoms with E-state index in [1.54, 1.807) is 16.7 Å². The van der Waals surface area contributed by atoms with Gasteiger partial charge in [0.25, 0.3) is 0 Å². The third-order valence-corrected chi connectivity index (χ3v) is 13.1. The first kappa shape index (κ1) is 22.7. The number of nitrogens with zero attached hydrogens (tertiary/aromatic N) is 1. The fourth-order valence-corrected chi connectivity index (χ4v) is 11.2. The van der Waals surface area contributed by atoms with E-state index >= 15 is 0 Å². The molecule has 1 spiro atoms. The summed E-state index contributed by atoms with van der Waals surface area (Å²) in [5.41, 5.74) is 8.16. The summed E-state index contributed by atoms with van der Waals surface area (Å²) >= 11 is 2.34. The van der Waals surface area contributed by atoms with Gasteiger partial charge in [0.05, 0.1) is 0 Å². The molecule has 3 heteroatoms. The maximum absolute atomic E-state index is 12.3. The van der Waals surface area contributed by atoms with Crippen molar-refractivity contribution in [3.8, 4) is 0 Å². The predicted octanol–water partition coefficient (Wildman–Crippen LogP) is 7.84. The highest BCUT2D eigenvalue weighted by Gasteiger charge is 2.63. The molecular formula is C32H41NOS. The van der Waals surface area contributed by atoms with Gasteiger partial charge in [-0.05, 0) is 129 Å². The molecule has 2 aliphatic heterocycles. The van der Waals surface area contributed by atoms with Crippen molar-refractivity contribution >= 4 is 23.2 Å². The normalized spacial score (nSPS) is 38.9. The number of allylic oxidation sites excluding steroid dienone is 4. The third-order valence-electron chi connectivity index (χ3n) is 11.1. The predicted molar refractivity (Wildman–Crippen MR) is 147 cm³/mol. The number of carbonyl (C=O) groups is 1. The van der Waals surface area contributed by atoms with Crippen LogP contribution < -0.4 is 4.90 Å². The maximum atomic E-state index is 12.3. The fraction of sp³-hybridized carbons (Fsp3) is 0.656. The molecule has 1 aromatic rings. The molecule has 5 atom stereocenters. The van der Waals surface area contributed by atoms with Crippen molar-refractivity contribution in [3.63, 3.8) is 0 Å². The molecule has 2 nitrogen and oxygen atoms in total. The quantitative estimate of drug-likeness (QED) is 0.424. The highest BCUT2D eigenvalue weighted by molar-refractivity contribution is 8.01. The molecule has 0 aromatic heterocycles. The second-order valence-corrected chi connectivity index (χ2v) is 14.1. The summed E-state index contributed by atoms with van der Waals surface area (Å²) in [6.45, 7) is 5.12. The molecule has 0 N–H and O–H groups in total. The Bertz CT molecular complexity index is 1070. The summed E-state index contributed by atoms with van der Waals surface area (Å²) in [4.78, 5) is 14.9. The number of rotatable bonds is 2. The first-order valence-electron chi connectivity index (χ1n) is 14.5. The number of thioether (sulfide) groups is 1. The molecule has 186 valence electrons. The molecular weight excluding hydrogens is 446 g/mol. The minimum atomic E-state index is 0.355. The minimum Gasteiger partial charge on any atom is -0.372 e. The molecule has 1 aromatic carbocycles. The number of ketones is 1. The third kappa shape index (κ3) is 3.46. The Hall–Kier alpha value is -1.48. The molecule has 2 heterocycles. The van der Waals surface area contributed by atoms with Crippen molar-refractivity contribution in [2.75, 3.05) is 23.7 Å². The Labute approximate surface area is 216 Å². The van der Waals surface area contributed by atoms with Crippen molar-refractivity contribution in [1.29, 1.82) is 0 Å². The molecule has 4 fully saturated rings. The van der Waals surface area contributed by atoms with Gasteiger partial charge >= 0.3 is 0 Å². The summed E-state index contributed by atoms with van der Waals surface area (Å²) in [6.07, 6.45) is 17.2. The van der Waals surface area contributed by atoms with E-state index in [-0.39, 0.29) is 0 Å². The van der Waals surface area contributed by atoms with Gasteiger partial charge in [-0.1, -0.05) is 24.6 Å². The Balaban J connectivity index is 1.32. The lowest BCUT2D eigenvalue weighted by Crippen LogP contribution is -2.49. The molecule has 2 saturated heterocycles. The van der Waals surface area contributed by atoms with E-state index in [0.29, 0.717) is 21.9 Å². The second kappa shape index (κ2) is 8.54. The number of benzene rings is 1. The van der Waals surface area contributed by atoms with Crippen LogP contribution in [-0.2, 0) is 4.79 Å². The molecule has 0 bridgehead atoms. The monoisotopic (exact) mass is 487 g/mol. The Kier molecular flexibility index (Phi) is 5.54. The van der Waals surface area contributed by atoms with Gasteiger partial charge in [-0.3, -0.25) is 4.79 Å². The maximum Gasteiger partial charge on any atom is 0.156 e. The molecule has 0 radical (unpaired) electrons. The molecule has 6 aliphatic rings. The highest BCUT2D eigenvalue weighted by atomic mass is 32.2. The molecule has 7 rings (SSSR count). The van der Waals surface area contributed by atoms with Gasteiger partial charge in [-0.25, -0.2) is 0 Å². The minimum absolute atomic E-state index is 0.355. The average Bonchev–Trinajstić information content (AvgIpc) is 3.49. The van der Waals surface area contributed by atoms with E-state index in [1.165, 1.54) is 87.9 Å². The molecule has 4 aliphatic carbocycles. The van der Waals surface area contributed by atoms with Crippen LogP contribution in [0.1, 0.15) is 95.5 Å². The molecule has 2 saturated carbocycles. The summed E-state index contributed by atoms with van der Waals surface area (Å²) in [5, 5.41) is 0. The van der Waals surface area contributed by atoms with Crippen molar-refractivity contribution in [2.45, 2.75) is 94.6 Å². The van der Waals surface area contributed by atoms with Crippen molar-refractivity contribution in [2.24, 2.45) is 17.3 Å². The Morgan fingerprint density at radius 1 is 0.943 bits per heavy atom. The van der Waals surface area contributed by atoms with Gasteiger partial charge in [0.15, 0.2) is 5.78 Å². The Morgan fingerprint density at radius 3 is 2.54 bits per heavy atom. The first-order valence-corrected chi connectivity index (χ1v) is 15.5. The van der Waals surface area contributed by atoms with Crippen LogP contribution in [0.2, 0.25) is 0 Å². The fourth-order valence-electron chi connectivity index (χ4n) is 9.45. The first-order chi connectivity index (χ1) is 17.1. The number of carbonyl (C=O) groups excluding carboxylic acids is 1. The Morgan fingerprint density at radius 2 is 1.77 bits per heavy atom. The summed E-state index contributed by atoms with van der Waals surface area (Å²) in [5.74, 6) is 3.80. The second-order valence-electron chi connectivity index (χ2n) is 12.6. The topological polar surface area (TPSA) is 20.3 Å². The number of piperidine rings is 1. The number of fused-ring (bicyclic) bond motifs is 5. The standard InChI is InChI=1S/C32H41NOS/c1-31-21-28(22-6-9-24(10-7-22)33-17-3-2-4-18-33)30-26-13-11-25(34)20-23(26)8-12-27(30)29(31)14-16-32(31)15-5-19-35-32/h6-7,9-10,20,27-29H,2-5,8,11-19,21H2,1H3/t27?,28-,29?,31+,32+/m1/s1. The van der Waals surface area contributed by atoms with Crippen LogP contribution in [0.3, 0.4) is 0 Å². The lowest BCUT2D eigenvalue weighted by molar-refractivity contribution is -0.114. The van der Waals surface area contributed by atoms with E-state index in [0.717, 1.165) is 31.1 Å². The van der Waals surface area contributed by atoms with Gasteiger partial charge in [0.1, 0.15) is 0 Å². The molecule has 0 amide bonds. The highest BCUT2D eigenvalue weighted by Crippen LogP contribution is 2.72. The number of hydrogen-bond acceptors (Lipinski definition) is 3. The van der Waals surface area contributed by atoms with Crippen LogP contribution in [0.5, 0.6) is 0 Å². The van der Waals surface area contributed by atoms with Crippen LogP contribution in [0.4, 0.5) is 5.69 Å². The zero-order valence-corrected chi connectivity index (χ0v) is 22.3. The zero-order valence-electron chi connectivity index (χ0n) is 21.5. The van der Waals surface area contributed by atoms with Gasteiger partial charge in [0.2, 0.25) is 0 Å². The van der Waals surface area contributed by atoms with E-state index in [1.807, 2.05) is 6.08 Å². The van der Waals surface area contributed by atoms with Crippen LogP contribution in [0.15, 0.2) is 47.1 Å². The summed E-state index contributed by atoms with van der Waals surface area (Å²) in [7, 11) is 0. The SMILES string of the molecule is C[C@]12C[C@H](c3ccc(N4CCCCC4)cc3)C3=C4CCC(=O)C=C4CCC3C1CC[C@@]21CCCS1. The van der Waals surface area contributed by atoms with Crippen LogP contribution >= 0.6 is 11.8 Å². The van der Waals surface area contributed by atoms with E-state index in [2.05, 4.69) is 47.9 Å². The van der Waals surface area contributed by atoms with Crippen molar-refractivity contribution in [1.82, 2.24) is 0 Å². The van der Waals surface area contributed by atoms with Crippen LogP contribution in [0, 0.1) is 17.3 Å². The van der Waals surface area contributed by atoms with Gasteiger partial charge in [-0.15, -0.1) is 0 Å². The number of hydrogen-bond donors (Lipinski definition) is 0. The lowest BCUT2D eigenvalue weighted by atomic mass is 9.51. The average molecular weight is 488 g/mol. The largest absolute Gasteiger partial charge is 0.372 e. The molecule has 35 heavy (non-hydrogen) atoms. The lowest BCUT2D eigenvalue weighted by Gasteiger charge is -2.55. The van der Waals surface area contributed by atoms with E-state index in [4.69, 9.17) is 0 Å². The van der Waals surface area contributed by atoms with Gasteiger partial charge < -0.3 is 4.90 Å². The smallest absolute Gasteiger partial charge is 0.156 e. The van der Waals surface area contributed by atoms with Crippen molar-refractivity contribution < 1.29 is 4.79 Å². The number of anilines is 1. The summed E-state index contributed by atoms with van der Waals surface area (Å²) in [6, 6.07) is 9.82. The van der Waals surface area contributed by atoms with Crippen LogP contribution in [-0.4, -0.2) is 29.4 Å².